The van der Waals surface area contributed by atoms with Crippen LogP contribution in [0.15, 0.2) is 18.2 Å². The van der Waals surface area contributed by atoms with Crippen LogP contribution in [0.3, 0.4) is 0 Å². The molecule has 0 radical (unpaired) electrons. The number of carbonyl (C=O) groups is 2. The van der Waals surface area contributed by atoms with Crippen LogP contribution in [-0.2, 0) is 14.3 Å². The van der Waals surface area contributed by atoms with Crippen molar-refractivity contribution in [1.29, 1.82) is 0 Å². The first-order valence-corrected chi connectivity index (χ1v) is 6.95. The number of benzene rings is 1. The molecule has 0 atom stereocenters. The van der Waals surface area contributed by atoms with Gasteiger partial charge >= 0.3 is 0 Å². The van der Waals surface area contributed by atoms with E-state index in [9.17, 15) is 14.7 Å². The van der Waals surface area contributed by atoms with Gasteiger partial charge in [0.25, 0.3) is 5.91 Å². The van der Waals surface area contributed by atoms with Crippen LogP contribution in [0.2, 0.25) is 0 Å². The van der Waals surface area contributed by atoms with E-state index in [4.69, 9.17) is 9.47 Å². The molecule has 1 aliphatic rings. The van der Waals surface area contributed by atoms with Gasteiger partial charge in [-0.3, -0.25) is 14.5 Å². The van der Waals surface area contributed by atoms with Crippen molar-refractivity contribution in [1.82, 2.24) is 5.32 Å². The van der Waals surface area contributed by atoms with E-state index in [1.807, 2.05) is 0 Å². The smallest absolute Gasteiger partial charge is 0.271 e. The third-order valence-electron chi connectivity index (χ3n) is 3.29. The molecule has 0 aliphatic carbocycles. The Bertz CT molecular complexity index is 585. The van der Waals surface area contributed by atoms with Crippen LogP contribution in [0.4, 0.5) is 5.69 Å². The van der Waals surface area contributed by atoms with Crippen molar-refractivity contribution in [3.63, 3.8) is 0 Å². The van der Waals surface area contributed by atoms with E-state index in [-0.39, 0.29) is 24.1 Å². The summed E-state index contributed by atoms with van der Waals surface area (Å²) in [4.78, 5) is 25.8. The Labute approximate surface area is 128 Å². The van der Waals surface area contributed by atoms with Crippen molar-refractivity contribution < 1.29 is 24.2 Å². The highest BCUT2D eigenvalue weighted by Crippen LogP contribution is 2.39. The fraction of sp³-hybridized carbons (Fsp3) is 0.467. The summed E-state index contributed by atoms with van der Waals surface area (Å²) < 4.78 is 10.5. The van der Waals surface area contributed by atoms with Crippen molar-refractivity contribution in [2.24, 2.45) is 0 Å². The third-order valence-corrected chi connectivity index (χ3v) is 3.29. The summed E-state index contributed by atoms with van der Waals surface area (Å²) in [6, 6.07) is 4.43. The molecule has 7 nitrogen and oxygen atoms in total. The van der Waals surface area contributed by atoms with Gasteiger partial charge in [0.15, 0.2) is 5.60 Å². The van der Waals surface area contributed by atoms with Gasteiger partial charge in [0.2, 0.25) is 5.91 Å². The molecule has 2 N–H and O–H groups in total. The molecule has 0 bridgehead atoms. The lowest BCUT2D eigenvalue weighted by atomic mass is 10.0. The van der Waals surface area contributed by atoms with Crippen LogP contribution in [0, 0.1) is 0 Å². The Morgan fingerprint density at radius 1 is 1.45 bits per heavy atom. The number of phenols is 1. The molecular formula is C15H20N2O5. The second kappa shape index (κ2) is 6.23. The molecule has 1 aromatic rings. The number of hydrogen-bond acceptors (Lipinski definition) is 5. The van der Waals surface area contributed by atoms with E-state index >= 15 is 0 Å². The molecule has 0 fully saturated rings. The molecule has 22 heavy (non-hydrogen) atoms. The normalized spacial score (nSPS) is 16.0. The van der Waals surface area contributed by atoms with E-state index in [0.29, 0.717) is 24.6 Å². The summed E-state index contributed by atoms with van der Waals surface area (Å²) in [7, 11) is 1.54. The number of amides is 2. The van der Waals surface area contributed by atoms with Gasteiger partial charge in [-0.25, -0.2) is 0 Å². The van der Waals surface area contributed by atoms with Crippen molar-refractivity contribution in [3.8, 4) is 11.5 Å². The molecule has 0 unspecified atom stereocenters. The van der Waals surface area contributed by atoms with Crippen LogP contribution >= 0.6 is 0 Å². The van der Waals surface area contributed by atoms with Gasteiger partial charge in [-0.05, 0) is 26.0 Å². The van der Waals surface area contributed by atoms with Gasteiger partial charge in [-0.1, -0.05) is 0 Å². The summed E-state index contributed by atoms with van der Waals surface area (Å²) in [5.41, 5.74) is -0.642. The van der Waals surface area contributed by atoms with E-state index in [1.54, 1.807) is 27.0 Å². The second-order valence-corrected chi connectivity index (χ2v) is 5.50. The molecule has 0 saturated heterocycles. The molecule has 0 aromatic heterocycles. The van der Waals surface area contributed by atoms with Crippen molar-refractivity contribution in [2.45, 2.75) is 19.4 Å². The Morgan fingerprint density at radius 2 is 2.18 bits per heavy atom. The van der Waals surface area contributed by atoms with Crippen LogP contribution in [-0.4, -0.2) is 49.3 Å². The van der Waals surface area contributed by atoms with Gasteiger partial charge < -0.3 is 19.9 Å². The highest BCUT2D eigenvalue weighted by atomic mass is 16.5. The number of phenolic OH excluding ortho intramolecular Hbond substituents is 1. The van der Waals surface area contributed by atoms with Crippen LogP contribution in [0.25, 0.3) is 0 Å². The van der Waals surface area contributed by atoms with Crippen LogP contribution in [0.5, 0.6) is 11.5 Å². The zero-order valence-electron chi connectivity index (χ0n) is 12.9. The van der Waals surface area contributed by atoms with E-state index in [1.165, 1.54) is 17.0 Å². The number of rotatable bonds is 5. The summed E-state index contributed by atoms with van der Waals surface area (Å²) in [5.74, 6) is -0.197. The fourth-order valence-corrected chi connectivity index (χ4v) is 2.21. The average Bonchev–Trinajstić information content (AvgIpc) is 2.43. The maximum Gasteiger partial charge on any atom is 0.271 e. The predicted octanol–water partition coefficient (Wildman–Crippen LogP) is 0.659. The summed E-state index contributed by atoms with van der Waals surface area (Å²) in [6.45, 7) is 3.90. The Balaban J connectivity index is 2.22. The number of nitrogens with one attached hydrogen (secondary N) is 1. The number of methoxy groups -OCH3 is 1. The number of anilines is 1. The molecule has 0 spiro atoms. The first kappa shape index (κ1) is 16.1. The zero-order chi connectivity index (χ0) is 16.3. The lowest BCUT2D eigenvalue weighted by Gasteiger charge is -2.38. The monoisotopic (exact) mass is 308 g/mol. The predicted molar refractivity (Wildman–Crippen MR) is 80.1 cm³/mol. The minimum atomic E-state index is -1.10. The number of ether oxygens (including phenoxy) is 2. The lowest BCUT2D eigenvalue weighted by Crippen LogP contribution is -2.55. The van der Waals surface area contributed by atoms with Crippen LogP contribution in [0.1, 0.15) is 13.8 Å². The van der Waals surface area contributed by atoms with Gasteiger partial charge in [0.05, 0.1) is 12.3 Å². The van der Waals surface area contributed by atoms with Gasteiger partial charge in [0, 0.05) is 19.7 Å². The summed E-state index contributed by atoms with van der Waals surface area (Å²) in [6.07, 6.45) is 0. The lowest BCUT2D eigenvalue weighted by molar-refractivity contribution is -0.134. The minimum absolute atomic E-state index is 0.0356. The summed E-state index contributed by atoms with van der Waals surface area (Å²) in [5, 5.41) is 12.2. The Hall–Kier alpha value is -2.28. The Morgan fingerprint density at radius 3 is 2.86 bits per heavy atom. The number of aromatic hydroxyl groups is 1. The van der Waals surface area contributed by atoms with E-state index in [0.717, 1.165) is 0 Å². The topological polar surface area (TPSA) is 88.1 Å². The fourth-order valence-electron chi connectivity index (χ4n) is 2.21. The number of hydrogen-bond donors (Lipinski definition) is 2. The number of fused-ring (bicyclic) bond motifs is 1. The molecule has 2 rings (SSSR count). The third kappa shape index (κ3) is 3.30. The molecule has 1 aromatic carbocycles. The highest BCUT2D eigenvalue weighted by molar-refractivity contribution is 6.05. The first-order valence-electron chi connectivity index (χ1n) is 6.95. The number of carbonyl (C=O) groups excluding carboxylic acids is 2. The SMILES string of the molecule is COCCNC(=O)CN1C(=O)C(C)(C)Oc2cc(O)ccc21. The van der Waals surface area contributed by atoms with Gasteiger partial charge in [-0.15, -0.1) is 0 Å². The van der Waals surface area contributed by atoms with E-state index < -0.39 is 5.60 Å². The quantitative estimate of drug-likeness (QED) is 0.780. The van der Waals surface area contributed by atoms with Gasteiger partial charge in [0.1, 0.15) is 18.0 Å². The molecule has 2 amide bonds. The minimum Gasteiger partial charge on any atom is -0.508 e. The number of nitrogens with zero attached hydrogens (tertiary/aromatic N) is 1. The maximum absolute atomic E-state index is 12.5. The van der Waals surface area contributed by atoms with Crippen molar-refractivity contribution >= 4 is 17.5 Å². The van der Waals surface area contributed by atoms with Gasteiger partial charge in [-0.2, -0.15) is 0 Å². The molecule has 120 valence electrons. The zero-order valence-corrected chi connectivity index (χ0v) is 12.9. The molecule has 1 aliphatic heterocycles. The summed E-state index contributed by atoms with van der Waals surface area (Å²) >= 11 is 0. The Kier molecular flexibility index (Phi) is 4.56. The largest absolute Gasteiger partial charge is 0.508 e. The first-order chi connectivity index (χ1) is 10.3. The van der Waals surface area contributed by atoms with Crippen molar-refractivity contribution in [3.05, 3.63) is 18.2 Å². The van der Waals surface area contributed by atoms with E-state index in [2.05, 4.69) is 5.32 Å². The highest BCUT2D eigenvalue weighted by Gasteiger charge is 2.41. The standard InChI is InChI=1S/C15H20N2O5/c1-15(2)14(20)17(9-13(19)16-6-7-21-3)11-5-4-10(18)8-12(11)22-15/h4-5,8,18H,6-7,9H2,1-3H3,(H,16,19). The average molecular weight is 308 g/mol. The van der Waals surface area contributed by atoms with Crippen molar-refractivity contribution in [2.75, 3.05) is 31.7 Å². The molecule has 7 heteroatoms. The second-order valence-electron chi connectivity index (χ2n) is 5.50. The molecule has 0 saturated carbocycles. The van der Waals surface area contributed by atoms with Crippen LogP contribution < -0.4 is 15.0 Å². The molecular weight excluding hydrogens is 288 g/mol. The molecule has 1 heterocycles. The maximum atomic E-state index is 12.5.